The number of hydrogen-bond donors (Lipinski definition) is 1. The van der Waals surface area contributed by atoms with Crippen LogP contribution in [0.15, 0.2) is 18.2 Å². The van der Waals surface area contributed by atoms with Gasteiger partial charge in [0.25, 0.3) is 5.91 Å². The van der Waals surface area contributed by atoms with Gasteiger partial charge in [-0.15, -0.1) is 0 Å². The molecule has 0 spiro atoms. The molecule has 5 heteroatoms. The first-order valence-corrected chi connectivity index (χ1v) is 6.19. The first-order chi connectivity index (χ1) is 8.52. The molecule has 0 saturated carbocycles. The molecule has 18 heavy (non-hydrogen) atoms. The molecule has 1 N–H and O–H groups in total. The molecular formula is C13H14ClNO3. The van der Waals surface area contributed by atoms with E-state index >= 15 is 0 Å². The van der Waals surface area contributed by atoms with Crippen molar-refractivity contribution in [3.8, 4) is 0 Å². The number of carbonyl (C=O) groups is 2. The van der Waals surface area contributed by atoms with Crippen molar-refractivity contribution >= 4 is 23.5 Å². The molecule has 1 atom stereocenters. The van der Waals surface area contributed by atoms with Crippen LogP contribution in [0.1, 0.15) is 28.8 Å². The largest absolute Gasteiger partial charge is 0.480 e. The Morgan fingerprint density at radius 3 is 2.83 bits per heavy atom. The van der Waals surface area contributed by atoms with Crippen LogP contribution in [-0.4, -0.2) is 34.5 Å². The molecule has 1 saturated heterocycles. The summed E-state index contributed by atoms with van der Waals surface area (Å²) < 4.78 is 0. The number of benzene rings is 1. The Balaban J connectivity index is 2.31. The van der Waals surface area contributed by atoms with Crippen molar-refractivity contribution in [2.45, 2.75) is 25.8 Å². The Labute approximate surface area is 110 Å². The van der Waals surface area contributed by atoms with Gasteiger partial charge in [0, 0.05) is 6.54 Å². The number of carbonyl (C=O) groups excluding carboxylic acids is 1. The van der Waals surface area contributed by atoms with E-state index in [4.69, 9.17) is 16.7 Å². The molecule has 4 nitrogen and oxygen atoms in total. The highest BCUT2D eigenvalue weighted by molar-refractivity contribution is 6.34. The van der Waals surface area contributed by atoms with Gasteiger partial charge in [0.15, 0.2) is 0 Å². The predicted molar refractivity (Wildman–Crippen MR) is 67.9 cm³/mol. The zero-order valence-corrected chi connectivity index (χ0v) is 10.8. The SMILES string of the molecule is Cc1cccc(C(=O)N2CCCC2C(=O)O)c1Cl. The predicted octanol–water partition coefficient (Wildman–Crippen LogP) is 2.34. The smallest absolute Gasteiger partial charge is 0.326 e. The minimum Gasteiger partial charge on any atom is -0.480 e. The fourth-order valence-electron chi connectivity index (χ4n) is 2.23. The maximum atomic E-state index is 12.3. The van der Waals surface area contributed by atoms with Gasteiger partial charge in [0.1, 0.15) is 6.04 Å². The second-order valence-corrected chi connectivity index (χ2v) is 4.81. The molecule has 1 aromatic carbocycles. The van der Waals surface area contributed by atoms with Crippen molar-refractivity contribution in [3.05, 3.63) is 34.3 Å². The van der Waals surface area contributed by atoms with Crippen molar-refractivity contribution in [1.29, 1.82) is 0 Å². The number of carboxylic acid groups (broad SMARTS) is 1. The Bertz CT molecular complexity index is 501. The van der Waals surface area contributed by atoms with Gasteiger partial charge in [0.2, 0.25) is 0 Å². The van der Waals surface area contributed by atoms with Gasteiger partial charge in [0.05, 0.1) is 10.6 Å². The summed E-state index contributed by atoms with van der Waals surface area (Å²) in [5.41, 5.74) is 1.19. The number of halogens is 1. The number of aryl methyl sites for hydroxylation is 1. The van der Waals surface area contributed by atoms with Gasteiger partial charge < -0.3 is 10.0 Å². The molecular weight excluding hydrogens is 254 g/mol. The molecule has 2 rings (SSSR count). The van der Waals surface area contributed by atoms with Gasteiger partial charge in [-0.05, 0) is 31.4 Å². The van der Waals surface area contributed by atoms with Crippen molar-refractivity contribution in [2.75, 3.05) is 6.54 Å². The van der Waals surface area contributed by atoms with Crippen LogP contribution in [0, 0.1) is 6.92 Å². The quantitative estimate of drug-likeness (QED) is 0.895. The monoisotopic (exact) mass is 267 g/mol. The lowest BCUT2D eigenvalue weighted by Crippen LogP contribution is -2.40. The van der Waals surface area contributed by atoms with Crippen LogP contribution in [0.5, 0.6) is 0 Å². The Morgan fingerprint density at radius 1 is 1.44 bits per heavy atom. The number of amides is 1. The number of aliphatic carboxylic acids is 1. The average Bonchev–Trinajstić information content (AvgIpc) is 2.81. The summed E-state index contributed by atoms with van der Waals surface area (Å²) in [6.07, 6.45) is 1.22. The second kappa shape index (κ2) is 4.98. The first-order valence-electron chi connectivity index (χ1n) is 5.81. The minimum atomic E-state index is -0.954. The number of likely N-dealkylation sites (tertiary alicyclic amines) is 1. The number of carboxylic acids is 1. The average molecular weight is 268 g/mol. The lowest BCUT2D eigenvalue weighted by molar-refractivity contribution is -0.141. The highest BCUT2D eigenvalue weighted by atomic mass is 35.5. The van der Waals surface area contributed by atoms with Crippen LogP contribution >= 0.6 is 11.6 Å². The van der Waals surface area contributed by atoms with Gasteiger partial charge in [-0.25, -0.2) is 4.79 Å². The molecule has 0 aliphatic carbocycles. The molecule has 96 valence electrons. The molecule has 1 fully saturated rings. The van der Waals surface area contributed by atoms with E-state index in [0.29, 0.717) is 30.0 Å². The molecule has 0 bridgehead atoms. The summed E-state index contributed by atoms with van der Waals surface area (Å²) in [5.74, 6) is -1.25. The van der Waals surface area contributed by atoms with Gasteiger partial charge in [-0.1, -0.05) is 23.7 Å². The normalized spacial score (nSPS) is 19.0. The molecule has 0 aromatic heterocycles. The summed E-state index contributed by atoms with van der Waals surface area (Å²) in [6, 6.07) is 4.47. The van der Waals surface area contributed by atoms with Gasteiger partial charge in [-0.3, -0.25) is 4.79 Å². The maximum Gasteiger partial charge on any atom is 0.326 e. The van der Waals surface area contributed by atoms with Crippen LogP contribution in [0.3, 0.4) is 0 Å². The van der Waals surface area contributed by atoms with E-state index in [1.807, 2.05) is 13.0 Å². The number of hydrogen-bond acceptors (Lipinski definition) is 2. The summed E-state index contributed by atoms with van der Waals surface area (Å²) >= 11 is 6.10. The number of rotatable bonds is 2. The van der Waals surface area contributed by atoms with E-state index in [1.54, 1.807) is 12.1 Å². The van der Waals surface area contributed by atoms with Crippen LogP contribution < -0.4 is 0 Å². The molecule has 1 aliphatic heterocycles. The summed E-state index contributed by atoms with van der Waals surface area (Å²) in [5, 5.41) is 9.48. The van der Waals surface area contributed by atoms with Crippen LogP contribution in [-0.2, 0) is 4.79 Å². The van der Waals surface area contributed by atoms with Crippen molar-refractivity contribution < 1.29 is 14.7 Å². The van der Waals surface area contributed by atoms with Crippen LogP contribution in [0.25, 0.3) is 0 Å². The minimum absolute atomic E-state index is 0.298. The summed E-state index contributed by atoms with van der Waals surface area (Å²) in [4.78, 5) is 24.8. The van der Waals surface area contributed by atoms with E-state index in [0.717, 1.165) is 5.56 Å². The summed E-state index contributed by atoms with van der Waals surface area (Å²) in [7, 11) is 0. The topological polar surface area (TPSA) is 57.6 Å². The molecule has 1 aliphatic rings. The highest BCUT2D eigenvalue weighted by Crippen LogP contribution is 2.26. The highest BCUT2D eigenvalue weighted by Gasteiger charge is 2.35. The zero-order valence-electron chi connectivity index (χ0n) is 10.0. The van der Waals surface area contributed by atoms with Crippen LogP contribution in [0.2, 0.25) is 5.02 Å². The Kier molecular flexibility index (Phi) is 3.57. The third-order valence-corrected chi connectivity index (χ3v) is 3.72. The van der Waals surface area contributed by atoms with Gasteiger partial charge in [-0.2, -0.15) is 0 Å². The second-order valence-electron chi connectivity index (χ2n) is 4.43. The van der Waals surface area contributed by atoms with Gasteiger partial charge >= 0.3 is 5.97 Å². The van der Waals surface area contributed by atoms with E-state index in [1.165, 1.54) is 4.90 Å². The summed E-state index contributed by atoms with van der Waals surface area (Å²) in [6.45, 7) is 2.29. The van der Waals surface area contributed by atoms with Crippen molar-refractivity contribution in [3.63, 3.8) is 0 Å². The van der Waals surface area contributed by atoms with Crippen molar-refractivity contribution in [1.82, 2.24) is 4.90 Å². The Hall–Kier alpha value is -1.55. The van der Waals surface area contributed by atoms with E-state index in [9.17, 15) is 9.59 Å². The first kappa shape index (κ1) is 12.9. The fraction of sp³-hybridized carbons (Fsp3) is 0.385. The third kappa shape index (κ3) is 2.20. The third-order valence-electron chi connectivity index (χ3n) is 3.22. The molecule has 1 aromatic rings. The van der Waals surface area contributed by atoms with E-state index in [-0.39, 0.29) is 5.91 Å². The molecule has 1 amide bonds. The lowest BCUT2D eigenvalue weighted by atomic mass is 10.1. The Morgan fingerprint density at radius 2 is 2.17 bits per heavy atom. The van der Waals surface area contributed by atoms with E-state index < -0.39 is 12.0 Å². The number of nitrogens with zero attached hydrogens (tertiary/aromatic N) is 1. The standard InChI is InChI=1S/C13H14ClNO3/c1-8-4-2-5-9(11(8)14)12(16)15-7-3-6-10(15)13(17)18/h2,4-5,10H,3,6-7H2,1H3,(H,17,18). The van der Waals surface area contributed by atoms with Crippen molar-refractivity contribution in [2.24, 2.45) is 0 Å². The lowest BCUT2D eigenvalue weighted by Gasteiger charge is -2.22. The maximum absolute atomic E-state index is 12.3. The zero-order chi connectivity index (χ0) is 13.3. The van der Waals surface area contributed by atoms with Crippen LogP contribution in [0.4, 0.5) is 0 Å². The molecule has 1 unspecified atom stereocenters. The van der Waals surface area contributed by atoms with E-state index in [2.05, 4.69) is 0 Å². The fourth-order valence-corrected chi connectivity index (χ4v) is 2.44. The molecule has 0 radical (unpaired) electrons. The molecule has 1 heterocycles.